The van der Waals surface area contributed by atoms with Crippen molar-refractivity contribution in [2.24, 2.45) is 5.92 Å². The van der Waals surface area contributed by atoms with Crippen molar-refractivity contribution in [2.45, 2.75) is 56.0 Å². The van der Waals surface area contributed by atoms with Crippen LogP contribution in [0.2, 0.25) is 0 Å². The number of hydrogen-bond donors (Lipinski definition) is 4. The number of benzene rings is 3. The van der Waals surface area contributed by atoms with Gasteiger partial charge in [-0.15, -0.1) is 0 Å². The number of carbonyl (C=O) groups is 2. The zero-order valence-electron chi connectivity index (χ0n) is 21.7. The molecule has 9 nitrogen and oxygen atoms in total. The van der Waals surface area contributed by atoms with E-state index < -0.39 is 60.3 Å². The van der Waals surface area contributed by atoms with Crippen molar-refractivity contribution in [2.75, 3.05) is 4.90 Å². The molecule has 2 saturated heterocycles. The number of hydrogen-bond acceptors (Lipinski definition) is 7. The zero-order valence-corrected chi connectivity index (χ0v) is 21.7. The molecule has 0 bridgehead atoms. The van der Waals surface area contributed by atoms with Crippen LogP contribution in [0.15, 0.2) is 72.8 Å². The molecule has 5 rings (SSSR count). The van der Waals surface area contributed by atoms with Crippen molar-refractivity contribution in [3.8, 4) is 5.75 Å². The molecule has 0 unspecified atom stereocenters. The van der Waals surface area contributed by atoms with Gasteiger partial charge in [0, 0.05) is 12.1 Å². The van der Waals surface area contributed by atoms with Crippen LogP contribution in [0.4, 0.5) is 14.5 Å². The maximum atomic E-state index is 13.6. The lowest BCUT2D eigenvalue weighted by molar-refractivity contribution is -0.238. The van der Waals surface area contributed by atoms with Crippen molar-refractivity contribution in [3.05, 3.63) is 95.6 Å². The minimum Gasteiger partial charge on any atom is -0.479 e. The molecule has 2 heterocycles. The van der Waals surface area contributed by atoms with Crippen LogP contribution >= 0.6 is 0 Å². The van der Waals surface area contributed by atoms with Crippen LogP contribution in [-0.2, 0) is 14.3 Å². The SMILES string of the molecule is O=C(O)[C@@H]1C[C@H](O)[C@@H](O)[C@H](Oc2ccc([C@@H]3[C@@H](CC[C@H](O)c4ccc(F)cc4)C(=O)N3c3ccc(F)cc3)cc2)O1. The average molecular weight is 570 g/mol. The van der Waals surface area contributed by atoms with Crippen LogP contribution in [0.1, 0.15) is 42.5 Å². The van der Waals surface area contributed by atoms with Crippen LogP contribution < -0.4 is 9.64 Å². The summed E-state index contributed by atoms with van der Waals surface area (Å²) in [6, 6.07) is 17.1. The molecule has 2 aliphatic rings. The molecule has 2 fully saturated rings. The molecule has 11 heteroatoms. The summed E-state index contributed by atoms with van der Waals surface area (Å²) in [5.74, 6) is -2.61. The normalized spacial score (nSPS) is 26.8. The van der Waals surface area contributed by atoms with E-state index in [1.165, 1.54) is 48.5 Å². The molecule has 1 amide bonds. The maximum absolute atomic E-state index is 13.6. The number of β-lactam (4-membered cyclic amide) rings is 1. The van der Waals surface area contributed by atoms with Gasteiger partial charge in [-0.2, -0.15) is 0 Å². The third-order valence-corrected chi connectivity index (χ3v) is 7.50. The number of halogens is 2. The summed E-state index contributed by atoms with van der Waals surface area (Å²) in [7, 11) is 0. The first kappa shape index (κ1) is 28.6. The minimum absolute atomic E-state index is 0.194. The van der Waals surface area contributed by atoms with Gasteiger partial charge in [-0.05, 0) is 72.5 Å². The highest BCUT2D eigenvalue weighted by atomic mass is 19.1. The van der Waals surface area contributed by atoms with E-state index in [4.69, 9.17) is 9.47 Å². The number of ether oxygens (including phenoxy) is 2. The first-order valence-electron chi connectivity index (χ1n) is 13.2. The number of aliphatic hydroxyl groups is 3. The lowest BCUT2D eigenvalue weighted by Gasteiger charge is -2.48. The third kappa shape index (κ3) is 6.08. The zero-order chi connectivity index (χ0) is 29.3. The molecule has 0 aromatic heterocycles. The molecule has 7 atom stereocenters. The summed E-state index contributed by atoms with van der Waals surface area (Å²) in [4.78, 5) is 26.1. The maximum Gasteiger partial charge on any atom is 0.333 e. The van der Waals surface area contributed by atoms with Gasteiger partial charge in [-0.1, -0.05) is 24.3 Å². The molecular formula is C30H29F2NO8. The molecule has 0 aliphatic carbocycles. The fraction of sp³-hybridized carbons (Fsp3) is 0.333. The summed E-state index contributed by atoms with van der Waals surface area (Å²) < 4.78 is 37.8. The Morgan fingerprint density at radius 2 is 1.59 bits per heavy atom. The molecule has 216 valence electrons. The number of amides is 1. The van der Waals surface area contributed by atoms with Crippen molar-refractivity contribution in [1.29, 1.82) is 0 Å². The van der Waals surface area contributed by atoms with Gasteiger partial charge in [0.25, 0.3) is 0 Å². The van der Waals surface area contributed by atoms with E-state index in [-0.39, 0.29) is 24.5 Å². The lowest BCUT2D eigenvalue weighted by atomic mass is 9.78. The highest BCUT2D eigenvalue weighted by molar-refractivity contribution is 6.03. The van der Waals surface area contributed by atoms with Crippen molar-refractivity contribution in [1.82, 2.24) is 0 Å². The molecule has 0 radical (unpaired) electrons. The van der Waals surface area contributed by atoms with Crippen molar-refractivity contribution in [3.63, 3.8) is 0 Å². The van der Waals surface area contributed by atoms with E-state index in [0.717, 1.165) is 5.56 Å². The quantitative estimate of drug-likeness (QED) is 0.288. The number of carboxylic acid groups (broad SMARTS) is 1. The van der Waals surface area contributed by atoms with Crippen LogP contribution in [0.3, 0.4) is 0 Å². The second-order valence-electron chi connectivity index (χ2n) is 10.2. The highest BCUT2D eigenvalue weighted by Crippen LogP contribution is 2.46. The predicted octanol–water partition coefficient (Wildman–Crippen LogP) is 3.48. The molecule has 2 aliphatic heterocycles. The van der Waals surface area contributed by atoms with Gasteiger partial charge in [0.05, 0.1) is 24.2 Å². The number of carbonyl (C=O) groups excluding carboxylic acids is 1. The van der Waals surface area contributed by atoms with Gasteiger partial charge in [-0.25, -0.2) is 13.6 Å². The van der Waals surface area contributed by atoms with Crippen LogP contribution in [0, 0.1) is 17.6 Å². The Bertz CT molecular complexity index is 1370. The van der Waals surface area contributed by atoms with Gasteiger partial charge in [0.2, 0.25) is 12.2 Å². The van der Waals surface area contributed by atoms with E-state index in [9.17, 15) is 38.8 Å². The number of rotatable bonds is 9. The van der Waals surface area contributed by atoms with Crippen LogP contribution in [0.25, 0.3) is 0 Å². The average Bonchev–Trinajstić information content (AvgIpc) is 2.95. The van der Waals surface area contributed by atoms with E-state index >= 15 is 0 Å². The number of carboxylic acids is 1. The molecular weight excluding hydrogens is 540 g/mol. The first-order chi connectivity index (χ1) is 19.6. The smallest absolute Gasteiger partial charge is 0.333 e. The number of nitrogens with zero attached hydrogens (tertiary/aromatic N) is 1. The summed E-state index contributed by atoms with van der Waals surface area (Å²) in [5.41, 5.74) is 1.76. The number of aliphatic hydroxyl groups excluding tert-OH is 3. The largest absolute Gasteiger partial charge is 0.479 e. The van der Waals surface area contributed by atoms with Crippen LogP contribution in [0.5, 0.6) is 5.75 Å². The molecule has 0 spiro atoms. The molecule has 0 saturated carbocycles. The first-order valence-corrected chi connectivity index (χ1v) is 13.2. The van der Waals surface area contributed by atoms with E-state index in [1.54, 1.807) is 29.2 Å². The Morgan fingerprint density at radius 1 is 0.976 bits per heavy atom. The highest BCUT2D eigenvalue weighted by Gasteiger charge is 2.48. The standard InChI is InChI=1S/C30H29F2NO8/c31-18-5-1-16(2-6-18)23(34)14-13-22-26(33(28(22)37)20-9-7-19(32)8-10-20)17-3-11-21(12-4-17)40-30-27(36)24(35)15-25(41-30)29(38)39/h1-12,22-27,30,34-36H,13-15H2,(H,38,39)/t22-,23+,24+,25+,26-,27-,30-/m1/s1. The van der Waals surface area contributed by atoms with Gasteiger partial charge >= 0.3 is 5.97 Å². The Morgan fingerprint density at radius 3 is 2.20 bits per heavy atom. The van der Waals surface area contributed by atoms with Gasteiger partial charge < -0.3 is 34.8 Å². The second kappa shape index (κ2) is 11.9. The molecule has 3 aromatic rings. The van der Waals surface area contributed by atoms with Gasteiger partial charge in [-0.3, -0.25) is 4.79 Å². The fourth-order valence-corrected chi connectivity index (χ4v) is 5.26. The fourth-order valence-electron chi connectivity index (χ4n) is 5.26. The minimum atomic E-state index is -1.46. The predicted molar refractivity (Wildman–Crippen MR) is 141 cm³/mol. The lowest BCUT2D eigenvalue weighted by Crippen LogP contribution is -2.55. The van der Waals surface area contributed by atoms with Gasteiger partial charge in [0.15, 0.2) is 6.10 Å². The van der Waals surface area contributed by atoms with Crippen LogP contribution in [-0.4, -0.2) is 56.9 Å². The van der Waals surface area contributed by atoms with Crippen molar-refractivity contribution >= 4 is 17.6 Å². The summed E-state index contributed by atoms with van der Waals surface area (Å²) in [6.07, 6.45) is -6.14. The summed E-state index contributed by atoms with van der Waals surface area (Å²) >= 11 is 0. The van der Waals surface area contributed by atoms with E-state index in [0.29, 0.717) is 17.7 Å². The Hall–Kier alpha value is -3.90. The number of aliphatic carboxylic acids is 1. The Kier molecular flexibility index (Phi) is 8.32. The topological polar surface area (TPSA) is 137 Å². The molecule has 3 aromatic carbocycles. The third-order valence-electron chi connectivity index (χ3n) is 7.50. The van der Waals surface area contributed by atoms with E-state index in [1.807, 2.05) is 0 Å². The Balaban J connectivity index is 1.33. The Labute approximate surface area is 234 Å². The number of anilines is 1. The van der Waals surface area contributed by atoms with Crippen molar-refractivity contribution < 1.29 is 48.3 Å². The van der Waals surface area contributed by atoms with Gasteiger partial charge in [0.1, 0.15) is 23.5 Å². The molecule has 41 heavy (non-hydrogen) atoms. The second-order valence-corrected chi connectivity index (χ2v) is 10.2. The monoisotopic (exact) mass is 569 g/mol. The van der Waals surface area contributed by atoms with E-state index in [2.05, 4.69) is 0 Å². The summed E-state index contributed by atoms with van der Waals surface area (Å²) in [5, 5.41) is 40.1. The molecule has 4 N–H and O–H groups in total. The summed E-state index contributed by atoms with van der Waals surface area (Å²) in [6.45, 7) is 0.